The Bertz CT molecular complexity index is 1290. The molecule has 0 heterocycles. The minimum Gasteiger partial charge on any atom is -0.431 e. The lowest BCUT2D eigenvalue weighted by Gasteiger charge is -2.59. The standard InChI is InChI=1S/2C21H30O2/c2*1-14(22)23-19-10-9-17-16-8-7-15-6-4-5-12-20(15,2)18(16)11-13-21(17,19)3/h4,6,10,15-18H,5,7-9,11-13H2,1-3H3;4-5,10,15-18H,6-9,11-13H2,1-3H3/t2*15?,16?,17?,18?,20-,21-/m00/s1. The molecule has 4 heteroatoms. The second-order valence-electron chi connectivity index (χ2n) is 17.8. The third-order valence-electron chi connectivity index (χ3n) is 15.9. The number of carbonyl (C=O) groups is 2. The number of ether oxygens (including phenoxy) is 2. The van der Waals surface area contributed by atoms with E-state index >= 15 is 0 Å². The summed E-state index contributed by atoms with van der Waals surface area (Å²) >= 11 is 0. The van der Waals surface area contributed by atoms with Crippen LogP contribution in [0.2, 0.25) is 0 Å². The van der Waals surface area contributed by atoms with Crippen molar-refractivity contribution in [2.75, 3.05) is 0 Å². The van der Waals surface area contributed by atoms with E-state index in [4.69, 9.17) is 9.47 Å². The molecule has 0 amide bonds. The summed E-state index contributed by atoms with van der Waals surface area (Å²) in [6, 6.07) is 0. The number of hydrogen-bond donors (Lipinski definition) is 0. The van der Waals surface area contributed by atoms with Gasteiger partial charge >= 0.3 is 11.9 Å². The first-order valence-electron chi connectivity index (χ1n) is 19.0. The van der Waals surface area contributed by atoms with Crippen LogP contribution in [0.5, 0.6) is 0 Å². The smallest absolute Gasteiger partial charge is 0.307 e. The number of allylic oxidation sites excluding steroid dienone is 8. The number of hydrogen-bond acceptors (Lipinski definition) is 4. The quantitative estimate of drug-likeness (QED) is 0.226. The van der Waals surface area contributed by atoms with Crippen LogP contribution in [0.4, 0.5) is 0 Å². The summed E-state index contributed by atoms with van der Waals surface area (Å²) in [6.07, 6.45) is 32.1. The van der Waals surface area contributed by atoms with Crippen molar-refractivity contribution in [3.8, 4) is 0 Å². The van der Waals surface area contributed by atoms with E-state index in [0.717, 1.165) is 59.9 Å². The fourth-order valence-corrected chi connectivity index (χ4v) is 13.3. The molecule has 0 aromatic heterocycles. The average Bonchev–Trinajstić information content (AvgIpc) is 3.52. The summed E-state index contributed by atoms with van der Waals surface area (Å²) in [6.45, 7) is 12.9. The first-order chi connectivity index (χ1) is 21.9. The molecular formula is C42H60O4. The summed E-state index contributed by atoms with van der Waals surface area (Å²) in [4.78, 5) is 22.9. The molecule has 8 unspecified atom stereocenters. The van der Waals surface area contributed by atoms with Crippen LogP contribution in [0, 0.1) is 69.0 Å². The molecule has 8 aliphatic rings. The molecule has 4 saturated carbocycles. The van der Waals surface area contributed by atoms with Gasteiger partial charge in [0.05, 0.1) is 0 Å². The number of esters is 2. The Morgan fingerprint density at radius 2 is 1.20 bits per heavy atom. The number of carbonyl (C=O) groups excluding carboxylic acids is 2. The zero-order chi connectivity index (χ0) is 32.5. The van der Waals surface area contributed by atoms with E-state index < -0.39 is 0 Å². The zero-order valence-electron chi connectivity index (χ0n) is 29.6. The van der Waals surface area contributed by atoms with Gasteiger partial charge in [-0.2, -0.15) is 0 Å². The Kier molecular flexibility index (Phi) is 8.32. The highest BCUT2D eigenvalue weighted by Crippen LogP contribution is 2.67. The van der Waals surface area contributed by atoms with Crippen LogP contribution in [0.3, 0.4) is 0 Å². The molecule has 252 valence electrons. The Morgan fingerprint density at radius 3 is 1.78 bits per heavy atom. The second kappa shape index (κ2) is 11.8. The molecule has 4 fully saturated rings. The summed E-state index contributed by atoms with van der Waals surface area (Å²) in [5, 5.41) is 0. The molecule has 46 heavy (non-hydrogen) atoms. The first-order valence-corrected chi connectivity index (χ1v) is 19.0. The second-order valence-corrected chi connectivity index (χ2v) is 17.8. The third-order valence-corrected chi connectivity index (χ3v) is 15.9. The highest BCUT2D eigenvalue weighted by molar-refractivity contribution is 5.68. The Labute approximate surface area is 278 Å². The minimum absolute atomic E-state index is 0.0978. The fraction of sp³-hybridized carbons (Fsp3) is 0.762. The molecule has 0 spiro atoms. The van der Waals surface area contributed by atoms with Crippen molar-refractivity contribution in [2.45, 2.75) is 131 Å². The van der Waals surface area contributed by atoms with Gasteiger partial charge in [-0.15, -0.1) is 0 Å². The molecule has 0 aromatic rings. The molecule has 0 saturated heterocycles. The van der Waals surface area contributed by atoms with E-state index in [1.807, 2.05) is 0 Å². The maximum Gasteiger partial charge on any atom is 0.307 e. The maximum atomic E-state index is 11.5. The van der Waals surface area contributed by atoms with E-state index in [0.29, 0.717) is 22.7 Å². The summed E-state index contributed by atoms with van der Waals surface area (Å²) < 4.78 is 11.2. The van der Waals surface area contributed by atoms with Crippen LogP contribution in [-0.4, -0.2) is 11.9 Å². The lowest BCUT2D eigenvalue weighted by molar-refractivity contribution is -0.142. The van der Waals surface area contributed by atoms with Gasteiger partial charge in [0.25, 0.3) is 0 Å². The van der Waals surface area contributed by atoms with Gasteiger partial charge in [-0.25, -0.2) is 0 Å². The summed E-state index contributed by atoms with van der Waals surface area (Å²) in [5.74, 6) is 8.01. The molecule has 8 aliphatic carbocycles. The third kappa shape index (κ3) is 5.04. The van der Waals surface area contributed by atoms with E-state index in [1.54, 1.807) is 0 Å². The number of fused-ring (bicyclic) bond motifs is 10. The van der Waals surface area contributed by atoms with Gasteiger partial charge in [0.1, 0.15) is 11.5 Å². The van der Waals surface area contributed by atoms with Crippen LogP contribution in [-0.2, 0) is 19.1 Å². The average molecular weight is 629 g/mol. The van der Waals surface area contributed by atoms with Gasteiger partial charge in [-0.3, -0.25) is 9.59 Å². The fourth-order valence-electron chi connectivity index (χ4n) is 13.3. The molecule has 0 N–H and O–H groups in total. The molecule has 4 nitrogen and oxygen atoms in total. The molecule has 12 atom stereocenters. The van der Waals surface area contributed by atoms with Crippen LogP contribution in [0.1, 0.15) is 131 Å². The number of rotatable bonds is 2. The topological polar surface area (TPSA) is 52.6 Å². The Hall–Kier alpha value is -2.10. The lowest BCUT2D eigenvalue weighted by atomic mass is 9.46. The highest BCUT2D eigenvalue weighted by Gasteiger charge is 2.60. The maximum absolute atomic E-state index is 11.5. The van der Waals surface area contributed by atoms with E-state index in [-0.39, 0.29) is 22.8 Å². The van der Waals surface area contributed by atoms with Gasteiger partial charge in [-0.1, -0.05) is 52.0 Å². The largest absolute Gasteiger partial charge is 0.431 e. The van der Waals surface area contributed by atoms with Crippen molar-refractivity contribution in [1.82, 2.24) is 0 Å². The van der Waals surface area contributed by atoms with Gasteiger partial charge in [0, 0.05) is 24.7 Å². The minimum atomic E-state index is -0.159. The van der Waals surface area contributed by atoms with Gasteiger partial charge in [-0.05, 0) is 160 Å². The Morgan fingerprint density at radius 1 is 0.630 bits per heavy atom. The normalized spacial score (nSPS) is 48.0. The van der Waals surface area contributed by atoms with Crippen LogP contribution < -0.4 is 0 Å². The summed E-state index contributed by atoms with van der Waals surface area (Å²) in [7, 11) is 0. The highest BCUT2D eigenvalue weighted by atomic mass is 16.5. The molecular weight excluding hydrogens is 568 g/mol. The van der Waals surface area contributed by atoms with E-state index in [2.05, 4.69) is 64.2 Å². The van der Waals surface area contributed by atoms with E-state index in [9.17, 15) is 9.59 Å². The van der Waals surface area contributed by atoms with Gasteiger partial charge < -0.3 is 9.47 Å². The van der Waals surface area contributed by atoms with Gasteiger partial charge in [0.2, 0.25) is 0 Å². The predicted octanol–water partition coefficient (Wildman–Crippen LogP) is 10.5. The molecule has 0 aromatic carbocycles. The van der Waals surface area contributed by atoms with Crippen molar-refractivity contribution < 1.29 is 19.1 Å². The van der Waals surface area contributed by atoms with Crippen molar-refractivity contribution in [3.63, 3.8) is 0 Å². The van der Waals surface area contributed by atoms with Crippen molar-refractivity contribution in [2.24, 2.45) is 69.0 Å². The van der Waals surface area contributed by atoms with Crippen molar-refractivity contribution >= 4 is 11.9 Å². The first kappa shape index (κ1) is 32.4. The lowest BCUT2D eigenvalue weighted by Crippen LogP contribution is -2.52. The van der Waals surface area contributed by atoms with E-state index in [1.165, 1.54) is 90.9 Å². The molecule has 0 bridgehead atoms. The van der Waals surface area contributed by atoms with Gasteiger partial charge in [0.15, 0.2) is 0 Å². The van der Waals surface area contributed by atoms with Crippen LogP contribution in [0.25, 0.3) is 0 Å². The molecule has 0 radical (unpaired) electrons. The molecule has 8 rings (SSSR count). The Balaban J connectivity index is 0.000000147. The molecule has 0 aliphatic heterocycles. The SMILES string of the molecule is CC(=O)OC1=CCC2C3CCC4C=CCC[C@]4(C)C3CC[C@]12C.CC(=O)OC1=CCC2C3CCC4CC=CC[C@]4(C)C3CC[C@]12C. The van der Waals surface area contributed by atoms with Crippen LogP contribution in [0.15, 0.2) is 48.0 Å². The van der Waals surface area contributed by atoms with Crippen LogP contribution >= 0.6 is 0 Å². The van der Waals surface area contributed by atoms with Crippen molar-refractivity contribution in [1.29, 1.82) is 0 Å². The van der Waals surface area contributed by atoms with Crippen molar-refractivity contribution in [3.05, 3.63) is 48.0 Å². The summed E-state index contributed by atoms with van der Waals surface area (Å²) in [5.41, 5.74) is 1.20. The zero-order valence-corrected chi connectivity index (χ0v) is 29.6. The monoisotopic (exact) mass is 628 g/mol. The predicted molar refractivity (Wildman–Crippen MR) is 183 cm³/mol.